The van der Waals surface area contributed by atoms with E-state index in [0.29, 0.717) is 0 Å². The summed E-state index contributed by atoms with van der Waals surface area (Å²) < 4.78 is 4.09. The second kappa shape index (κ2) is 5.99. The molecule has 4 nitrogen and oxygen atoms in total. The van der Waals surface area contributed by atoms with Gasteiger partial charge in [-0.25, -0.2) is 9.50 Å². The zero-order valence-corrected chi connectivity index (χ0v) is 15.5. The maximum absolute atomic E-state index is 4.43. The van der Waals surface area contributed by atoms with Crippen molar-refractivity contribution < 1.29 is 0 Å². The van der Waals surface area contributed by atoms with Crippen LogP contribution in [-0.2, 0) is 6.54 Å². The highest BCUT2D eigenvalue weighted by atomic mass is 15.3. The molecule has 3 heterocycles. The summed E-state index contributed by atoms with van der Waals surface area (Å²) in [5, 5.41) is 5.66. The van der Waals surface area contributed by atoms with Crippen LogP contribution in [0.25, 0.3) is 33.3 Å². The number of nitrogens with zero attached hydrogens (tertiary/aromatic N) is 4. The average Bonchev–Trinajstić information content (AvgIpc) is 3.14. The monoisotopic (exact) mass is 342 g/mol. The van der Waals surface area contributed by atoms with Gasteiger partial charge in [0.15, 0.2) is 5.65 Å². The van der Waals surface area contributed by atoms with Crippen LogP contribution in [0.15, 0.2) is 55.9 Å². The Morgan fingerprint density at radius 2 is 1.96 bits per heavy atom. The van der Waals surface area contributed by atoms with Gasteiger partial charge in [-0.3, -0.25) is 0 Å². The molecule has 0 aliphatic rings. The molecule has 0 radical (unpaired) electrons. The largest absolute Gasteiger partial charge is 0.343 e. The van der Waals surface area contributed by atoms with E-state index in [1.54, 1.807) is 0 Å². The van der Waals surface area contributed by atoms with Crippen LogP contribution >= 0.6 is 0 Å². The van der Waals surface area contributed by atoms with Gasteiger partial charge in [-0.05, 0) is 61.7 Å². The number of pyridine rings is 1. The molecule has 4 rings (SSSR count). The van der Waals surface area contributed by atoms with Crippen molar-refractivity contribution >= 4 is 22.1 Å². The Morgan fingerprint density at radius 3 is 2.69 bits per heavy atom. The first-order valence-electron chi connectivity index (χ1n) is 8.71. The van der Waals surface area contributed by atoms with Crippen LogP contribution in [-0.4, -0.2) is 19.2 Å². The predicted octanol–water partition coefficient (Wildman–Crippen LogP) is 5.19. The minimum atomic E-state index is 0.778. The number of hydrogen-bond donors (Lipinski definition) is 0. The van der Waals surface area contributed by atoms with Crippen molar-refractivity contribution in [3.05, 3.63) is 72.8 Å². The Hall–Kier alpha value is -3.14. The van der Waals surface area contributed by atoms with Gasteiger partial charge in [-0.1, -0.05) is 12.7 Å². The topological polar surface area (TPSA) is 35.1 Å². The van der Waals surface area contributed by atoms with Crippen molar-refractivity contribution in [1.29, 1.82) is 0 Å². The van der Waals surface area contributed by atoms with Gasteiger partial charge >= 0.3 is 0 Å². The molecule has 0 atom stereocenters. The Labute approximate surface area is 153 Å². The molecule has 0 spiro atoms. The molecule has 4 heteroatoms. The molecule has 0 saturated heterocycles. The molecule has 4 aromatic rings. The second-order valence-electron chi connectivity index (χ2n) is 6.83. The molecule has 0 fully saturated rings. The van der Waals surface area contributed by atoms with Crippen LogP contribution in [0.2, 0.25) is 0 Å². The molecule has 3 aromatic heterocycles. The quantitative estimate of drug-likeness (QED) is 0.479. The number of benzene rings is 1. The van der Waals surface area contributed by atoms with Gasteiger partial charge in [0.2, 0.25) is 0 Å². The van der Waals surface area contributed by atoms with Crippen molar-refractivity contribution in [2.24, 2.45) is 0 Å². The van der Waals surface area contributed by atoms with Gasteiger partial charge in [0, 0.05) is 35.5 Å². The van der Waals surface area contributed by atoms with Gasteiger partial charge < -0.3 is 4.57 Å². The lowest BCUT2D eigenvalue weighted by Gasteiger charge is -2.09. The average molecular weight is 342 g/mol. The van der Waals surface area contributed by atoms with Crippen molar-refractivity contribution in [3.63, 3.8) is 0 Å². The minimum absolute atomic E-state index is 0.778. The molecule has 26 heavy (non-hydrogen) atoms. The fourth-order valence-electron chi connectivity index (χ4n) is 3.61. The Balaban J connectivity index is 1.96. The van der Waals surface area contributed by atoms with E-state index in [1.807, 2.05) is 29.8 Å². The Kier molecular flexibility index (Phi) is 3.76. The fraction of sp³-hybridized carbons (Fsp3) is 0.182. The van der Waals surface area contributed by atoms with Crippen LogP contribution in [0.1, 0.15) is 23.9 Å². The molecule has 0 aliphatic heterocycles. The lowest BCUT2D eigenvalue weighted by molar-refractivity contribution is 0.861. The molecule has 0 unspecified atom stereocenters. The zero-order chi connectivity index (χ0) is 18.4. The van der Waals surface area contributed by atoms with Gasteiger partial charge in [-0.2, -0.15) is 5.10 Å². The summed E-state index contributed by atoms with van der Waals surface area (Å²) >= 11 is 0. The third kappa shape index (κ3) is 2.54. The Bertz CT molecular complexity index is 1170. The van der Waals surface area contributed by atoms with Gasteiger partial charge in [-0.15, -0.1) is 6.58 Å². The molecule has 0 amide bonds. The first-order valence-corrected chi connectivity index (χ1v) is 8.71. The van der Waals surface area contributed by atoms with Crippen molar-refractivity contribution in [2.45, 2.75) is 27.3 Å². The van der Waals surface area contributed by atoms with Crippen molar-refractivity contribution in [2.75, 3.05) is 0 Å². The van der Waals surface area contributed by atoms with Crippen molar-refractivity contribution in [1.82, 2.24) is 19.2 Å². The highest BCUT2D eigenvalue weighted by molar-refractivity contribution is 5.97. The molecule has 1 aromatic carbocycles. The summed E-state index contributed by atoms with van der Waals surface area (Å²) in [5.41, 5.74) is 7.89. The van der Waals surface area contributed by atoms with E-state index in [9.17, 15) is 0 Å². The van der Waals surface area contributed by atoms with E-state index in [-0.39, 0.29) is 0 Å². The molecule has 0 bridgehead atoms. The normalized spacial score (nSPS) is 11.3. The SMILES string of the molecule is C=CCn1cc(C(=C)C)c2cc(-c3ccc4nc(C)nn4c3)cc(C)c21. The van der Waals surface area contributed by atoms with E-state index in [4.69, 9.17) is 0 Å². The molecular formula is C22H22N4. The standard InChI is InChI=1S/C22H22N4/c1-6-9-25-13-20(14(2)3)19-11-18(10-15(4)22(19)25)17-7-8-21-23-16(5)24-26(21)12-17/h6-8,10-13H,1-2,9H2,3-5H3. The molecule has 0 N–H and O–H groups in total. The minimum Gasteiger partial charge on any atom is -0.343 e. The highest BCUT2D eigenvalue weighted by Gasteiger charge is 2.13. The summed E-state index contributed by atoms with van der Waals surface area (Å²) in [6, 6.07) is 8.59. The molecular weight excluding hydrogens is 320 g/mol. The predicted molar refractivity (Wildman–Crippen MR) is 108 cm³/mol. The van der Waals surface area contributed by atoms with E-state index >= 15 is 0 Å². The number of fused-ring (bicyclic) bond motifs is 2. The number of aromatic nitrogens is 4. The van der Waals surface area contributed by atoms with Gasteiger partial charge in [0.05, 0.1) is 5.52 Å². The van der Waals surface area contributed by atoms with Crippen LogP contribution in [0.5, 0.6) is 0 Å². The summed E-state index contributed by atoms with van der Waals surface area (Å²) in [6.07, 6.45) is 6.14. The number of aryl methyl sites for hydroxylation is 2. The maximum Gasteiger partial charge on any atom is 0.155 e. The summed E-state index contributed by atoms with van der Waals surface area (Å²) in [6.45, 7) is 15.0. The third-order valence-corrected chi connectivity index (χ3v) is 4.72. The van der Waals surface area contributed by atoms with Gasteiger partial charge in [0.25, 0.3) is 0 Å². The van der Waals surface area contributed by atoms with E-state index in [1.165, 1.54) is 27.6 Å². The first kappa shape index (κ1) is 16.3. The highest BCUT2D eigenvalue weighted by Crippen LogP contribution is 2.33. The molecule has 0 saturated carbocycles. The van der Waals surface area contributed by atoms with Gasteiger partial charge in [0.1, 0.15) is 5.82 Å². The van der Waals surface area contributed by atoms with Crippen LogP contribution < -0.4 is 0 Å². The maximum atomic E-state index is 4.43. The number of allylic oxidation sites excluding steroid dienone is 2. The smallest absolute Gasteiger partial charge is 0.155 e. The summed E-state index contributed by atoms with van der Waals surface area (Å²) in [7, 11) is 0. The molecule has 130 valence electrons. The van der Waals surface area contributed by atoms with E-state index in [2.05, 4.69) is 66.1 Å². The summed E-state index contributed by atoms with van der Waals surface area (Å²) in [4.78, 5) is 4.40. The van der Waals surface area contributed by atoms with Crippen LogP contribution in [0, 0.1) is 13.8 Å². The number of hydrogen-bond acceptors (Lipinski definition) is 2. The lowest BCUT2D eigenvalue weighted by atomic mass is 9.99. The van der Waals surface area contributed by atoms with Crippen LogP contribution in [0.4, 0.5) is 0 Å². The van der Waals surface area contributed by atoms with Crippen molar-refractivity contribution in [3.8, 4) is 11.1 Å². The second-order valence-corrected chi connectivity index (χ2v) is 6.83. The molecule has 0 aliphatic carbocycles. The first-order chi connectivity index (χ1) is 12.5. The van der Waals surface area contributed by atoms with E-state index < -0.39 is 0 Å². The fourth-order valence-corrected chi connectivity index (χ4v) is 3.61. The Morgan fingerprint density at radius 1 is 1.15 bits per heavy atom. The zero-order valence-electron chi connectivity index (χ0n) is 15.5. The van der Waals surface area contributed by atoms with E-state index in [0.717, 1.165) is 29.2 Å². The lowest BCUT2D eigenvalue weighted by Crippen LogP contribution is -1.95. The third-order valence-electron chi connectivity index (χ3n) is 4.72. The number of rotatable bonds is 4. The van der Waals surface area contributed by atoms with Crippen LogP contribution in [0.3, 0.4) is 0 Å². The summed E-state index contributed by atoms with van der Waals surface area (Å²) in [5.74, 6) is 0.778.